The number of hydrogen-bond donors (Lipinski definition) is 2. The molecular formula is C16H28IN7O2S2. The Balaban J connectivity index is 0.00000392. The number of rotatable bonds is 9. The Morgan fingerprint density at radius 3 is 2.57 bits per heavy atom. The zero-order valence-electron chi connectivity index (χ0n) is 16.5. The van der Waals surface area contributed by atoms with Crippen molar-refractivity contribution < 1.29 is 8.42 Å². The first-order chi connectivity index (χ1) is 12.9. The van der Waals surface area contributed by atoms with Crippen molar-refractivity contribution >= 4 is 51.3 Å². The Morgan fingerprint density at radius 1 is 1.29 bits per heavy atom. The zero-order valence-corrected chi connectivity index (χ0v) is 20.5. The lowest BCUT2D eigenvalue weighted by Gasteiger charge is -2.16. The molecule has 2 heterocycles. The summed E-state index contributed by atoms with van der Waals surface area (Å²) in [6, 6.07) is 3.56. The van der Waals surface area contributed by atoms with Crippen LogP contribution < -0.4 is 10.6 Å². The van der Waals surface area contributed by atoms with E-state index in [9.17, 15) is 8.42 Å². The summed E-state index contributed by atoms with van der Waals surface area (Å²) in [7, 11) is 0.150. The van der Waals surface area contributed by atoms with E-state index in [4.69, 9.17) is 0 Å². The van der Waals surface area contributed by atoms with Crippen LogP contribution in [0.1, 0.15) is 24.5 Å². The van der Waals surface area contributed by atoms with Gasteiger partial charge in [-0.15, -0.1) is 35.3 Å². The molecule has 0 spiro atoms. The third-order valence-electron chi connectivity index (χ3n) is 4.04. The highest BCUT2D eigenvalue weighted by atomic mass is 127. The van der Waals surface area contributed by atoms with Gasteiger partial charge in [0.05, 0.1) is 6.54 Å². The van der Waals surface area contributed by atoms with Crippen LogP contribution in [0.4, 0.5) is 0 Å². The third kappa shape index (κ3) is 6.39. The summed E-state index contributed by atoms with van der Waals surface area (Å²) in [6.07, 6.45) is 2.22. The predicted octanol–water partition coefficient (Wildman–Crippen LogP) is 1.43. The molecule has 0 aliphatic heterocycles. The van der Waals surface area contributed by atoms with E-state index in [1.54, 1.807) is 17.8 Å². The zero-order chi connectivity index (χ0) is 19.9. The predicted molar refractivity (Wildman–Crippen MR) is 123 cm³/mol. The van der Waals surface area contributed by atoms with Crippen LogP contribution in [0.15, 0.2) is 27.7 Å². The molecule has 0 saturated heterocycles. The summed E-state index contributed by atoms with van der Waals surface area (Å²) >= 11 is 1.32. The molecule has 2 aromatic heterocycles. The number of thiophene rings is 1. The van der Waals surface area contributed by atoms with Gasteiger partial charge < -0.3 is 10.6 Å². The number of nitrogens with zero attached hydrogens (tertiary/aromatic N) is 5. The summed E-state index contributed by atoms with van der Waals surface area (Å²) in [5.74, 6) is 1.47. The number of halogens is 1. The van der Waals surface area contributed by atoms with Gasteiger partial charge in [0.2, 0.25) is 0 Å². The molecule has 0 saturated carbocycles. The van der Waals surface area contributed by atoms with Crippen molar-refractivity contribution in [3.63, 3.8) is 0 Å². The van der Waals surface area contributed by atoms with E-state index in [0.717, 1.165) is 10.7 Å². The Kier molecular flexibility index (Phi) is 10.3. The average molecular weight is 541 g/mol. The molecule has 158 valence electrons. The number of aliphatic imine (C=N–C) groups is 1. The van der Waals surface area contributed by atoms with Gasteiger partial charge >= 0.3 is 0 Å². The van der Waals surface area contributed by atoms with Gasteiger partial charge in [-0.1, -0.05) is 13.8 Å². The first kappa shape index (κ1) is 24.8. The van der Waals surface area contributed by atoms with E-state index >= 15 is 0 Å². The summed E-state index contributed by atoms with van der Waals surface area (Å²) in [4.78, 5) is 9.34. The standard InChI is InChI=1S/C16H27N7O2S2.HI/c1-5-23(6-2)27(24,25)15-8-7-13(26-15)9-10-18-16(17-3)19-11-14-20-12-21-22(14)4;/h7-8,12H,5-6,9-11H2,1-4H3,(H2,17,18,19);1H. The maximum Gasteiger partial charge on any atom is 0.252 e. The minimum Gasteiger partial charge on any atom is -0.356 e. The molecule has 12 heteroatoms. The molecule has 9 nitrogen and oxygen atoms in total. The highest BCUT2D eigenvalue weighted by molar-refractivity contribution is 14.0. The lowest BCUT2D eigenvalue weighted by atomic mass is 10.3. The Labute approximate surface area is 187 Å². The highest BCUT2D eigenvalue weighted by Gasteiger charge is 2.23. The van der Waals surface area contributed by atoms with Crippen LogP contribution in [0.25, 0.3) is 0 Å². The third-order valence-corrected chi connectivity index (χ3v) is 7.71. The van der Waals surface area contributed by atoms with Crippen molar-refractivity contribution in [1.29, 1.82) is 0 Å². The van der Waals surface area contributed by atoms with Gasteiger partial charge in [-0.3, -0.25) is 9.67 Å². The smallest absolute Gasteiger partial charge is 0.252 e. The van der Waals surface area contributed by atoms with Crippen LogP contribution in [-0.4, -0.2) is 60.1 Å². The molecule has 2 rings (SSSR count). The fraction of sp³-hybridized carbons (Fsp3) is 0.562. The molecule has 0 aliphatic rings. The number of sulfonamides is 1. The Bertz CT molecular complexity index is 860. The molecule has 0 aromatic carbocycles. The van der Waals surface area contributed by atoms with Gasteiger partial charge in [-0.2, -0.15) is 9.40 Å². The summed E-state index contributed by atoms with van der Waals surface area (Å²) in [5.41, 5.74) is 0. The second kappa shape index (κ2) is 11.7. The van der Waals surface area contributed by atoms with Crippen LogP contribution in [-0.2, 0) is 30.0 Å². The van der Waals surface area contributed by atoms with Crippen molar-refractivity contribution in [2.45, 2.75) is 31.0 Å². The topological polar surface area (TPSA) is 105 Å². The van der Waals surface area contributed by atoms with Gasteiger partial charge in [-0.25, -0.2) is 13.4 Å². The van der Waals surface area contributed by atoms with Gasteiger partial charge in [0.1, 0.15) is 16.4 Å². The molecule has 0 aliphatic carbocycles. The largest absolute Gasteiger partial charge is 0.356 e. The fourth-order valence-electron chi connectivity index (χ4n) is 2.49. The number of aryl methyl sites for hydroxylation is 1. The first-order valence-electron chi connectivity index (χ1n) is 8.78. The fourth-order valence-corrected chi connectivity index (χ4v) is 5.46. The Hall–Kier alpha value is -1.25. The van der Waals surface area contributed by atoms with Crippen molar-refractivity contribution in [3.05, 3.63) is 29.2 Å². The van der Waals surface area contributed by atoms with Crippen molar-refractivity contribution in [1.82, 2.24) is 29.7 Å². The van der Waals surface area contributed by atoms with Crippen molar-refractivity contribution in [2.24, 2.45) is 12.0 Å². The van der Waals surface area contributed by atoms with E-state index in [0.29, 0.717) is 42.8 Å². The van der Waals surface area contributed by atoms with Crippen molar-refractivity contribution in [3.8, 4) is 0 Å². The minimum absolute atomic E-state index is 0. The number of guanidine groups is 1. The molecule has 0 atom stereocenters. The van der Waals surface area contributed by atoms with E-state index in [1.807, 2.05) is 27.0 Å². The second-order valence-electron chi connectivity index (χ2n) is 5.71. The Morgan fingerprint density at radius 2 is 2.00 bits per heavy atom. The molecular weight excluding hydrogens is 513 g/mol. The number of aromatic nitrogens is 3. The van der Waals surface area contributed by atoms with E-state index in [1.165, 1.54) is 22.0 Å². The lowest BCUT2D eigenvalue weighted by molar-refractivity contribution is 0.447. The van der Waals surface area contributed by atoms with E-state index in [-0.39, 0.29) is 24.0 Å². The molecule has 0 radical (unpaired) electrons. The first-order valence-corrected chi connectivity index (χ1v) is 11.0. The molecule has 0 fully saturated rings. The van der Waals surface area contributed by atoms with Crippen LogP contribution in [0, 0.1) is 0 Å². The summed E-state index contributed by atoms with van der Waals surface area (Å²) in [5, 5.41) is 10.4. The number of hydrogen-bond acceptors (Lipinski definition) is 6. The lowest BCUT2D eigenvalue weighted by Crippen LogP contribution is -2.38. The quantitative estimate of drug-likeness (QED) is 0.283. The van der Waals surface area contributed by atoms with Crippen LogP contribution in [0.2, 0.25) is 0 Å². The van der Waals surface area contributed by atoms with Crippen LogP contribution >= 0.6 is 35.3 Å². The molecule has 28 heavy (non-hydrogen) atoms. The molecule has 0 bridgehead atoms. The van der Waals surface area contributed by atoms with E-state index < -0.39 is 10.0 Å². The minimum atomic E-state index is -3.38. The maximum atomic E-state index is 12.5. The van der Waals surface area contributed by atoms with Gasteiger partial charge in [0, 0.05) is 38.6 Å². The van der Waals surface area contributed by atoms with E-state index in [2.05, 4.69) is 25.7 Å². The summed E-state index contributed by atoms with van der Waals surface area (Å²) < 4.78 is 28.6. The molecule has 2 N–H and O–H groups in total. The molecule has 2 aromatic rings. The second-order valence-corrected chi connectivity index (χ2v) is 9.05. The average Bonchev–Trinajstić information content (AvgIpc) is 3.28. The van der Waals surface area contributed by atoms with Crippen LogP contribution in [0.3, 0.4) is 0 Å². The van der Waals surface area contributed by atoms with Gasteiger partial charge in [0.15, 0.2) is 5.96 Å². The normalized spacial score (nSPS) is 12.1. The maximum absolute atomic E-state index is 12.5. The highest BCUT2D eigenvalue weighted by Crippen LogP contribution is 2.25. The SMILES string of the molecule is CCN(CC)S(=O)(=O)c1ccc(CCNC(=NC)NCc2ncnn2C)s1.I. The summed E-state index contributed by atoms with van der Waals surface area (Å²) in [6.45, 7) is 5.80. The number of nitrogens with one attached hydrogen (secondary N) is 2. The van der Waals surface area contributed by atoms with Gasteiger partial charge in [-0.05, 0) is 18.6 Å². The van der Waals surface area contributed by atoms with Gasteiger partial charge in [0.25, 0.3) is 10.0 Å². The van der Waals surface area contributed by atoms with Crippen molar-refractivity contribution in [2.75, 3.05) is 26.7 Å². The molecule has 0 unspecified atom stereocenters. The molecule has 0 amide bonds. The van der Waals surface area contributed by atoms with Crippen LogP contribution in [0.5, 0.6) is 0 Å². The monoisotopic (exact) mass is 541 g/mol.